The maximum Gasteiger partial charge on any atom is 0.128 e. The normalized spacial score (nSPS) is 11.0. The molecule has 3 rings (SSSR count). The first-order valence-corrected chi connectivity index (χ1v) is 6.19. The average Bonchev–Trinajstić information content (AvgIpc) is 3.02. The van der Waals surface area contributed by atoms with E-state index in [1.807, 2.05) is 35.3 Å². The number of nitrogens with one attached hydrogen (secondary N) is 1. The summed E-state index contributed by atoms with van der Waals surface area (Å²) in [6, 6.07) is 6.01. The first-order valence-electron chi connectivity index (χ1n) is 6.19. The van der Waals surface area contributed by atoms with Gasteiger partial charge >= 0.3 is 0 Å². The molecule has 0 aliphatic rings. The fourth-order valence-electron chi connectivity index (χ4n) is 2.32. The van der Waals surface area contributed by atoms with Crippen molar-refractivity contribution in [3.8, 4) is 5.75 Å². The van der Waals surface area contributed by atoms with E-state index in [4.69, 9.17) is 10.5 Å². The molecule has 0 radical (unpaired) electrons. The number of nitrogens with two attached hydrogens (primary N) is 1. The molecule has 5 nitrogen and oxygen atoms in total. The van der Waals surface area contributed by atoms with Crippen molar-refractivity contribution in [2.75, 3.05) is 12.8 Å². The first kappa shape index (κ1) is 11.6. The molecule has 0 saturated heterocycles. The summed E-state index contributed by atoms with van der Waals surface area (Å²) < 4.78 is 7.27. The number of anilines is 1. The van der Waals surface area contributed by atoms with Crippen molar-refractivity contribution in [3.05, 3.63) is 42.4 Å². The number of fused-ring (bicyclic) bond motifs is 1. The number of nitrogen functional groups attached to an aromatic ring is 1. The Labute approximate surface area is 111 Å². The van der Waals surface area contributed by atoms with E-state index in [9.17, 15) is 0 Å². The molecule has 0 aliphatic carbocycles. The number of ether oxygens (including phenoxy) is 1. The van der Waals surface area contributed by atoms with E-state index in [0.717, 1.165) is 29.6 Å². The highest BCUT2D eigenvalue weighted by Gasteiger charge is 2.09. The van der Waals surface area contributed by atoms with Gasteiger partial charge in [0.05, 0.1) is 19.0 Å². The van der Waals surface area contributed by atoms with Crippen LogP contribution >= 0.6 is 0 Å². The molecule has 0 spiro atoms. The van der Waals surface area contributed by atoms with Crippen LogP contribution < -0.4 is 10.5 Å². The van der Waals surface area contributed by atoms with Crippen LogP contribution in [-0.2, 0) is 13.0 Å². The van der Waals surface area contributed by atoms with Gasteiger partial charge < -0.3 is 15.5 Å². The van der Waals surface area contributed by atoms with E-state index in [1.54, 1.807) is 13.3 Å². The van der Waals surface area contributed by atoms with Crippen LogP contribution in [0.15, 0.2) is 36.8 Å². The lowest BCUT2D eigenvalue weighted by Crippen LogP contribution is -2.01. The quantitative estimate of drug-likeness (QED) is 0.752. The molecule has 3 aromatic rings. The Kier molecular flexibility index (Phi) is 2.87. The number of rotatable bonds is 4. The smallest absolute Gasteiger partial charge is 0.128 e. The molecular weight excluding hydrogens is 240 g/mol. The molecule has 1 aromatic carbocycles. The number of aryl methyl sites for hydroxylation is 2. The molecule has 0 atom stereocenters. The molecule has 3 N–H and O–H groups in total. The molecule has 0 fully saturated rings. The second kappa shape index (κ2) is 4.68. The second-order valence-corrected chi connectivity index (χ2v) is 4.48. The van der Waals surface area contributed by atoms with E-state index in [1.165, 1.54) is 5.56 Å². The van der Waals surface area contributed by atoms with Gasteiger partial charge in [-0.3, -0.25) is 4.68 Å². The maximum absolute atomic E-state index is 5.65. The molecule has 0 bridgehead atoms. The molecule has 2 aromatic heterocycles. The molecule has 0 unspecified atom stereocenters. The largest absolute Gasteiger partial charge is 0.496 e. The number of aromatic amines is 1. The predicted molar refractivity (Wildman–Crippen MR) is 75.2 cm³/mol. The van der Waals surface area contributed by atoms with Crippen molar-refractivity contribution >= 4 is 16.6 Å². The van der Waals surface area contributed by atoms with Gasteiger partial charge in [0.25, 0.3) is 0 Å². The third-order valence-electron chi connectivity index (χ3n) is 3.23. The van der Waals surface area contributed by atoms with Gasteiger partial charge in [-0.05, 0) is 24.1 Å². The highest BCUT2D eigenvalue weighted by Crippen LogP contribution is 2.28. The molecule has 2 heterocycles. The Morgan fingerprint density at radius 2 is 2.32 bits per heavy atom. The number of nitrogens with zero attached hydrogens (tertiary/aromatic N) is 2. The van der Waals surface area contributed by atoms with Gasteiger partial charge in [0.15, 0.2) is 0 Å². The zero-order valence-electron chi connectivity index (χ0n) is 10.8. The summed E-state index contributed by atoms with van der Waals surface area (Å²) in [6.45, 7) is 0.794. The van der Waals surface area contributed by atoms with Gasteiger partial charge in [-0.15, -0.1) is 0 Å². The van der Waals surface area contributed by atoms with Gasteiger partial charge in [-0.1, -0.05) is 6.07 Å². The molecular formula is C14H16N4O. The van der Waals surface area contributed by atoms with Crippen molar-refractivity contribution < 1.29 is 4.74 Å². The predicted octanol–water partition coefficient (Wildman–Crippen LogP) is 2.20. The van der Waals surface area contributed by atoms with Gasteiger partial charge in [-0.2, -0.15) is 5.10 Å². The van der Waals surface area contributed by atoms with E-state index in [2.05, 4.69) is 10.1 Å². The van der Waals surface area contributed by atoms with Gasteiger partial charge in [0.1, 0.15) is 5.75 Å². The van der Waals surface area contributed by atoms with Crippen LogP contribution in [0.5, 0.6) is 5.75 Å². The first-order chi connectivity index (χ1) is 9.28. The highest BCUT2D eigenvalue weighted by atomic mass is 16.5. The SMILES string of the molecule is COc1cccc2[nH]cc(CCn3cc(N)cn3)c12. The molecule has 0 saturated carbocycles. The summed E-state index contributed by atoms with van der Waals surface area (Å²) in [6.07, 6.45) is 6.41. The maximum atomic E-state index is 5.65. The number of H-pyrrole nitrogens is 1. The molecule has 0 amide bonds. The number of methoxy groups -OCH3 is 1. The van der Waals surface area contributed by atoms with Gasteiger partial charge in [0, 0.05) is 29.8 Å². The third kappa shape index (κ3) is 2.14. The summed E-state index contributed by atoms with van der Waals surface area (Å²) in [4.78, 5) is 3.27. The van der Waals surface area contributed by atoms with Crippen LogP contribution in [0.3, 0.4) is 0 Å². The Bertz CT molecular complexity index is 698. The average molecular weight is 256 g/mol. The topological polar surface area (TPSA) is 68.9 Å². The van der Waals surface area contributed by atoms with Crippen molar-refractivity contribution in [2.24, 2.45) is 0 Å². The Morgan fingerprint density at radius 3 is 3.05 bits per heavy atom. The minimum atomic E-state index is 0.691. The van der Waals surface area contributed by atoms with E-state index >= 15 is 0 Å². The molecule has 98 valence electrons. The summed E-state index contributed by atoms with van der Waals surface area (Å²) >= 11 is 0. The van der Waals surface area contributed by atoms with Gasteiger partial charge in [-0.25, -0.2) is 0 Å². The molecule has 0 aliphatic heterocycles. The zero-order chi connectivity index (χ0) is 13.2. The Hall–Kier alpha value is -2.43. The fourth-order valence-corrected chi connectivity index (χ4v) is 2.32. The van der Waals surface area contributed by atoms with Gasteiger partial charge in [0.2, 0.25) is 0 Å². The minimum Gasteiger partial charge on any atom is -0.496 e. The summed E-state index contributed by atoms with van der Waals surface area (Å²) in [5.74, 6) is 0.897. The number of hydrogen-bond donors (Lipinski definition) is 2. The lowest BCUT2D eigenvalue weighted by atomic mass is 10.1. The van der Waals surface area contributed by atoms with Crippen molar-refractivity contribution in [1.29, 1.82) is 0 Å². The lowest BCUT2D eigenvalue weighted by molar-refractivity contribution is 0.419. The van der Waals surface area contributed by atoms with Crippen molar-refractivity contribution in [3.63, 3.8) is 0 Å². The van der Waals surface area contributed by atoms with Crippen molar-refractivity contribution in [2.45, 2.75) is 13.0 Å². The van der Waals surface area contributed by atoms with E-state index in [-0.39, 0.29) is 0 Å². The summed E-state index contributed by atoms with van der Waals surface area (Å²) in [5.41, 5.74) is 8.66. The number of benzene rings is 1. The third-order valence-corrected chi connectivity index (χ3v) is 3.23. The Balaban J connectivity index is 1.88. The Morgan fingerprint density at radius 1 is 1.42 bits per heavy atom. The van der Waals surface area contributed by atoms with Crippen LogP contribution in [0, 0.1) is 0 Å². The monoisotopic (exact) mass is 256 g/mol. The van der Waals surface area contributed by atoms with Crippen LogP contribution in [-0.4, -0.2) is 21.9 Å². The van der Waals surface area contributed by atoms with Crippen LogP contribution in [0.1, 0.15) is 5.56 Å². The summed E-state index contributed by atoms with van der Waals surface area (Å²) in [5, 5.41) is 5.33. The van der Waals surface area contributed by atoms with Crippen LogP contribution in [0.4, 0.5) is 5.69 Å². The second-order valence-electron chi connectivity index (χ2n) is 4.48. The van der Waals surface area contributed by atoms with E-state index in [0.29, 0.717) is 5.69 Å². The zero-order valence-corrected chi connectivity index (χ0v) is 10.8. The highest BCUT2D eigenvalue weighted by molar-refractivity contribution is 5.89. The minimum absolute atomic E-state index is 0.691. The fraction of sp³-hybridized carbons (Fsp3) is 0.214. The molecule has 5 heteroatoms. The number of hydrogen-bond acceptors (Lipinski definition) is 3. The lowest BCUT2D eigenvalue weighted by Gasteiger charge is -2.05. The van der Waals surface area contributed by atoms with Crippen LogP contribution in [0.2, 0.25) is 0 Å². The van der Waals surface area contributed by atoms with Crippen LogP contribution in [0.25, 0.3) is 10.9 Å². The van der Waals surface area contributed by atoms with Crippen molar-refractivity contribution in [1.82, 2.24) is 14.8 Å². The van der Waals surface area contributed by atoms with E-state index < -0.39 is 0 Å². The number of aromatic nitrogens is 3. The molecule has 19 heavy (non-hydrogen) atoms. The standard InChI is InChI=1S/C14H16N4O/c1-19-13-4-2-3-12-14(13)10(7-16-12)5-6-18-9-11(15)8-17-18/h2-4,7-9,16H,5-6,15H2,1H3. The summed E-state index contributed by atoms with van der Waals surface area (Å²) in [7, 11) is 1.69.